The lowest BCUT2D eigenvalue weighted by atomic mass is 10.2. The van der Waals surface area contributed by atoms with Gasteiger partial charge in [0.15, 0.2) is 9.84 Å². The summed E-state index contributed by atoms with van der Waals surface area (Å²) < 4.78 is 33.5. The first kappa shape index (κ1) is 23.8. The number of amides is 1. The van der Waals surface area contributed by atoms with Crippen LogP contribution in [0.2, 0.25) is 0 Å². The van der Waals surface area contributed by atoms with E-state index in [0.717, 1.165) is 11.8 Å². The Labute approximate surface area is 180 Å². The summed E-state index contributed by atoms with van der Waals surface area (Å²) in [5.74, 6) is -0.574. The standard InChI is InChI=1S/C20H26N2O6S2/c1-6-16(22-19(24)28-20(2,3)4)18(23)27-11-14-12-29-17(21-14)13-7-9-15(10-8-13)30(5,25)26/h7-10,12,16H,6,11H2,1-5H3,(H,22,24)/t16-/m1/s1. The zero-order chi connectivity index (χ0) is 22.5. The Morgan fingerprint density at radius 3 is 2.37 bits per heavy atom. The Morgan fingerprint density at radius 1 is 1.20 bits per heavy atom. The van der Waals surface area contributed by atoms with E-state index >= 15 is 0 Å². The minimum atomic E-state index is -3.26. The fraction of sp³-hybridized carbons (Fsp3) is 0.450. The molecule has 0 aliphatic carbocycles. The highest BCUT2D eigenvalue weighted by molar-refractivity contribution is 7.90. The molecule has 1 aromatic heterocycles. The van der Waals surface area contributed by atoms with E-state index in [0.29, 0.717) is 17.1 Å². The minimum Gasteiger partial charge on any atom is -0.458 e. The van der Waals surface area contributed by atoms with Crippen LogP contribution in [0, 0.1) is 0 Å². The summed E-state index contributed by atoms with van der Waals surface area (Å²) in [5, 5.41) is 4.94. The molecule has 0 unspecified atom stereocenters. The van der Waals surface area contributed by atoms with Crippen molar-refractivity contribution in [3.63, 3.8) is 0 Å². The molecule has 1 N–H and O–H groups in total. The van der Waals surface area contributed by atoms with Crippen LogP contribution in [0.5, 0.6) is 0 Å². The van der Waals surface area contributed by atoms with Crippen LogP contribution in [0.25, 0.3) is 10.6 Å². The van der Waals surface area contributed by atoms with Crippen molar-refractivity contribution in [2.75, 3.05) is 6.26 Å². The fourth-order valence-electron chi connectivity index (χ4n) is 2.37. The van der Waals surface area contributed by atoms with Crippen LogP contribution >= 0.6 is 11.3 Å². The van der Waals surface area contributed by atoms with Crippen molar-refractivity contribution in [1.82, 2.24) is 10.3 Å². The summed E-state index contributed by atoms with van der Waals surface area (Å²) in [7, 11) is -3.26. The quantitative estimate of drug-likeness (QED) is 0.637. The Balaban J connectivity index is 1.95. The number of rotatable bonds is 7. The van der Waals surface area contributed by atoms with Crippen molar-refractivity contribution >= 4 is 33.2 Å². The van der Waals surface area contributed by atoms with Gasteiger partial charge in [-0.2, -0.15) is 0 Å². The molecule has 10 heteroatoms. The summed E-state index contributed by atoms with van der Waals surface area (Å²) in [6, 6.07) is 5.60. The van der Waals surface area contributed by atoms with Gasteiger partial charge in [0, 0.05) is 17.2 Å². The van der Waals surface area contributed by atoms with E-state index in [1.807, 2.05) is 0 Å². The van der Waals surface area contributed by atoms with Crippen LogP contribution in [0.4, 0.5) is 4.79 Å². The van der Waals surface area contributed by atoms with E-state index in [-0.39, 0.29) is 11.5 Å². The van der Waals surface area contributed by atoms with Crippen LogP contribution in [-0.2, 0) is 30.7 Å². The Morgan fingerprint density at radius 2 is 1.83 bits per heavy atom. The fourth-order valence-corrected chi connectivity index (χ4v) is 3.81. The minimum absolute atomic E-state index is 0.0384. The average molecular weight is 455 g/mol. The first-order valence-corrected chi connectivity index (χ1v) is 12.1. The molecule has 0 aliphatic heterocycles. The predicted molar refractivity (Wildman–Crippen MR) is 114 cm³/mol. The number of carbonyl (C=O) groups excluding carboxylic acids is 2. The van der Waals surface area contributed by atoms with Crippen molar-refractivity contribution in [3.8, 4) is 10.6 Å². The largest absolute Gasteiger partial charge is 0.458 e. The molecule has 30 heavy (non-hydrogen) atoms. The topological polar surface area (TPSA) is 112 Å². The number of nitrogens with one attached hydrogen (secondary N) is 1. The van der Waals surface area contributed by atoms with E-state index in [9.17, 15) is 18.0 Å². The van der Waals surface area contributed by atoms with Crippen LogP contribution < -0.4 is 5.32 Å². The third kappa shape index (κ3) is 7.10. The van der Waals surface area contributed by atoms with E-state index < -0.39 is 33.5 Å². The third-order valence-corrected chi connectivity index (χ3v) is 5.90. The maximum absolute atomic E-state index is 12.3. The molecule has 1 aromatic carbocycles. The lowest BCUT2D eigenvalue weighted by Gasteiger charge is -2.22. The molecule has 0 saturated heterocycles. The van der Waals surface area contributed by atoms with E-state index in [1.165, 1.54) is 23.5 Å². The van der Waals surface area contributed by atoms with Crippen LogP contribution in [0.1, 0.15) is 39.8 Å². The number of ether oxygens (including phenoxy) is 2. The van der Waals surface area contributed by atoms with Gasteiger partial charge < -0.3 is 14.8 Å². The van der Waals surface area contributed by atoms with Gasteiger partial charge in [0.1, 0.15) is 23.3 Å². The average Bonchev–Trinajstić information content (AvgIpc) is 3.11. The van der Waals surface area contributed by atoms with Gasteiger partial charge in [0.05, 0.1) is 10.6 Å². The number of sulfone groups is 1. The summed E-state index contributed by atoms with van der Waals surface area (Å²) in [4.78, 5) is 28.8. The first-order valence-electron chi connectivity index (χ1n) is 9.30. The molecule has 8 nitrogen and oxygen atoms in total. The summed E-state index contributed by atoms with van der Waals surface area (Å²) in [6.45, 7) is 6.93. The molecule has 2 rings (SSSR count). The van der Waals surface area contributed by atoms with Gasteiger partial charge in [-0.3, -0.25) is 0 Å². The molecule has 0 aliphatic rings. The zero-order valence-electron chi connectivity index (χ0n) is 17.6. The third-order valence-electron chi connectivity index (χ3n) is 3.83. The monoisotopic (exact) mass is 454 g/mol. The molecule has 0 radical (unpaired) electrons. The van der Waals surface area contributed by atoms with Gasteiger partial charge in [-0.25, -0.2) is 23.0 Å². The molecule has 2 aromatic rings. The molecule has 1 amide bonds. The number of carbonyl (C=O) groups is 2. The summed E-state index contributed by atoms with van der Waals surface area (Å²) in [6.07, 6.45) is 0.825. The summed E-state index contributed by atoms with van der Waals surface area (Å²) >= 11 is 1.36. The normalized spacial score (nSPS) is 12.8. The van der Waals surface area contributed by atoms with E-state index in [2.05, 4.69) is 10.3 Å². The van der Waals surface area contributed by atoms with Gasteiger partial charge in [-0.1, -0.05) is 19.1 Å². The number of aromatic nitrogens is 1. The molecular weight excluding hydrogens is 428 g/mol. The van der Waals surface area contributed by atoms with Crippen LogP contribution in [0.3, 0.4) is 0 Å². The highest BCUT2D eigenvalue weighted by atomic mass is 32.2. The lowest BCUT2D eigenvalue weighted by Crippen LogP contribution is -2.43. The SMILES string of the molecule is CC[C@@H](NC(=O)OC(C)(C)C)C(=O)OCc1csc(-c2ccc(S(C)(=O)=O)cc2)n1. The van der Waals surface area contributed by atoms with Crippen molar-refractivity contribution in [2.24, 2.45) is 0 Å². The molecule has 0 fully saturated rings. The number of thiazole rings is 1. The van der Waals surface area contributed by atoms with Gasteiger partial charge in [-0.15, -0.1) is 11.3 Å². The van der Waals surface area contributed by atoms with Crippen molar-refractivity contribution in [1.29, 1.82) is 0 Å². The molecule has 1 atom stereocenters. The second-order valence-corrected chi connectivity index (χ2v) is 10.5. The number of alkyl carbamates (subject to hydrolysis) is 1. The second kappa shape index (κ2) is 9.57. The number of hydrogen-bond donors (Lipinski definition) is 1. The predicted octanol–water partition coefficient (Wildman–Crippen LogP) is 3.56. The molecule has 0 bridgehead atoms. The number of nitrogens with zero attached hydrogens (tertiary/aromatic N) is 1. The van der Waals surface area contributed by atoms with Crippen molar-refractivity contribution in [2.45, 2.75) is 57.3 Å². The number of esters is 1. The number of benzene rings is 1. The lowest BCUT2D eigenvalue weighted by molar-refractivity contribution is -0.147. The maximum atomic E-state index is 12.3. The van der Waals surface area contributed by atoms with Gasteiger partial charge in [-0.05, 0) is 39.3 Å². The van der Waals surface area contributed by atoms with Crippen LogP contribution in [-0.4, -0.2) is 43.4 Å². The smallest absolute Gasteiger partial charge is 0.408 e. The van der Waals surface area contributed by atoms with Crippen LogP contribution in [0.15, 0.2) is 34.5 Å². The van der Waals surface area contributed by atoms with E-state index in [4.69, 9.17) is 9.47 Å². The molecule has 164 valence electrons. The van der Waals surface area contributed by atoms with Gasteiger partial charge >= 0.3 is 12.1 Å². The maximum Gasteiger partial charge on any atom is 0.408 e. The van der Waals surface area contributed by atoms with Gasteiger partial charge in [0.2, 0.25) is 0 Å². The van der Waals surface area contributed by atoms with Gasteiger partial charge in [0.25, 0.3) is 0 Å². The Kier molecular flexibility index (Phi) is 7.59. The summed E-state index contributed by atoms with van der Waals surface area (Å²) in [5.41, 5.74) is 0.661. The highest BCUT2D eigenvalue weighted by Crippen LogP contribution is 2.25. The van der Waals surface area contributed by atoms with Crippen molar-refractivity contribution in [3.05, 3.63) is 35.3 Å². The van der Waals surface area contributed by atoms with Crippen molar-refractivity contribution < 1.29 is 27.5 Å². The number of hydrogen-bond acceptors (Lipinski definition) is 8. The van der Waals surface area contributed by atoms with E-state index in [1.54, 1.807) is 45.2 Å². The molecular formula is C20H26N2O6S2. The molecule has 0 spiro atoms. The Hall–Kier alpha value is -2.46. The Bertz CT molecular complexity index is 991. The first-order chi connectivity index (χ1) is 13.9. The zero-order valence-corrected chi connectivity index (χ0v) is 19.2. The second-order valence-electron chi connectivity index (χ2n) is 7.66. The highest BCUT2D eigenvalue weighted by Gasteiger charge is 2.24. The molecule has 0 saturated carbocycles. The molecule has 1 heterocycles.